The van der Waals surface area contributed by atoms with Crippen LogP contribution in [0.25, 0.3) is 11.6 Å². The fourth-order valence-corrected chi connectivity index (χ4v) is 5.69. The van der Waals surface area contributed by atoms with Crippen LogP contribution in [0.15, 0.2) is 36.4 Å². The molecular weight excluding hydrogens is 444 g/mol. The molecule has 0 saturated heterocycles. The van der Waals surface area contributed by atoms with Gasteiger partial charge < -0.3 is 4.90 Å². The maximum absolute atomic E-state index is 8.44. The monoisotopic (exact) mass is 481 g/mol. The Morgan fingerprint density at radius 2 is 1.53 bits per heavy atom. The molecule has 1 aliphatic carbocycles. The molecule has 6 heteroatoms. The number of allylic oxidation sites excluding steroid dienone is 1. The number of rotatable bonds is 4. The van der Waals surface area contributed by atoms with Crippen LogP contribution in [0.3, 0.4) is 0 Å². The second kappa shape index (κ2) is 9.49. The van der Waals surface area contributed by atoms with E-state index in [-0.39, 0.29) is 11.0 Å². The normalized spacial score (nSPS) is 16.6. The summed E-state index contributed by atoms with van der Waals surface area (Å²) in [7, 11) is -3.11. The van der Waals surface area contributed by atoms with Crippen LogP contribution in [-0.2, 0) is 16.0 Å². The van der Waals surface area contributed by atoms with E-state index < -0.39 is 10.6 Å². The Balaban J connectivity index is 0.000000751. The molecule has 182 valence electrons. The van der Waals surface area contributed by atoms with Gasteiger partial charge in [0.05, 0.1) is 0 Å². The lowest BCUT2D eigenvalue weighted by Crippen LogP contribution is -2.50. The zero-order chi connectivity index (χ0) is 25.4. The Morgan fingerprint density at radius 1 is 0.912 bits per heavy atom. The van der Waals surface area contributed by atoms with Crippen molar-refractivity contribution >= 4 is 27.9 Å². The van der Waals surface area contributed by atoms with E-state index in [0.29, 0.717) is 0 Å². The summed E-state index contributed by atoms with van der Waals surface area (Å²) in [6, 6.07) is 11.9. The number of nitrogens with zero attached hydrogens (tertiary/aromatic N) is 2. The molecule has 5 nitrogen and oxygen atoms in total. The van der Waals surface area contributed by atoms with Crippen molar-refractivity contribution in [3.05, 3.63) is 69.2 Å². The van der Waals surface area contributed by atoms with Gasteiger partial charge in [0.1, 0.15) is 6.54 Å². The predicted octanol–water partition coefficient (Wildman–Crippen LogP) is 3.70. The zero-order valence-corrected chi connectivity index (χ0v) is 22.5. The van der Waals surface area contributed by atoms with Gasteiger partial charge in [0.25, 0.3) is 0 Å². The largest absolute Gasteiger partial charge is 0.425 e. The number of likely N-dealkylation sites (N-methyl/N-ethyl adjacent to an activating group) is 1. The van der Waals surface area contributed by atoms with Gasteiger partial charge in [0.15, 0.2) is 5.54 Å². The summed E-state index contributed by atoms with van der Waals surface area (Å²) in [4.78, 5) is 2.44. The molecule has 34 heavy (non-hydrogen) atoms. The minimum Gasteiger partial charge on any atom is -0.372 e. The van der Waals surface area contributed by atoms with E-state index in [2.05, 4.69) is 107 Å². The van der Waals surface area contributed by atoms with Gasteiger partial charge in [-0.15, -0.1) is 12.6 Å². The summed E-state index contributed by atoms with van der Waals surface area (Å²) in [6.07, 6.45) is 4.81. The minimum absolute atomic E-state index is 0.0315. The van der Waals surface area contributed by atoms with Gasteiger partial charge in [-0.1, -0.05) is 19.9 Å². The number of hydrogen-bond acceptors (Lipinski definition) is 4. The summed E-state index contributed by atoms with van der Waals surface area (Å²) in [5, 5.41) is 2.75. The van der Waals surface area contributed by atoms with Crippen LogP contribution in [0, 0.1) is 0 Å². The minimum atomic E-state index is -3.11. The topological polar surface area (TPSA) is 57.5 Å². The SMILES string of the molecule is CCN(CC)c1ccc2c(c1)C(C)(C)c1cc3c(cc1=C2)C(C)=CC(C)(C)[N+]=3CC.O=S(=O)=O. The van der Waals surface area contributed by atoms with E-state index in [1.54, 1.807) is 0 Å². The first-order valence-corrected chi connectivity index (χ1v) is 13.0. The number of anilines is 1. The number of hydrogen-bond donors (Lipinski definition) is 0. The average molecular weight is 482 g/mol. The third-order valence-corrected chi connectivity index (χ3v) is 7.29. The summed E-state index contributed by atoms with van der Waals surface area (Å²) < 4.78 is 27.9. The lowest BCUT2D eigenvalue weighted by atomic mass is 9.71. The molecule has 2 aromatic rings. The van der Waals surface area contributed by atoms with Crippen molar-refractivity contribution in [3.8, 4) is 0 Å². The highest BCUT2D eigenvalue weighted by molar-refractivity contribution is 7.59. The van der Waals surface area contributed by atoms with E-state index >= 15 is 0 Å². The third-order valence-electron chi connectivity index (χ3n) is 7.29. The van der Waals surface area contributed by atoms with Gasteiger partial charge in [-0.25, -0.2) is 4.58 Å². The molecule has 0 fully saturated rings. The van der Waals surface area contributed by atoms with Gasteiger partial charge in [0.2, 0.25) is 5.36 Å². The van der Waals surface area contributed by atoms with Crippen molar-refractivity contribution < 1.29 is 12.6 Å². The molecule has 0 atom stereocenters. The Bertz CT molecular complexity index is 1370. The second-order valence-corrected chi connectivity index (χ2v) is 10.5. The highest BCUT2D eigenvalue weighted by atomic mass is 32.2. The van der Waals surface area contributed by atoms with Gasteiger partial charge in [0, 0.05) is 49.7 Å². The van der Waals surface area contributed by atoms with Crippen LogP contribution in [0.5, 0.6) is 0 Å². The average Bonchev–Trinajstić information content (AvgIpc) is 2.74. The van der Waals surface area contributed by atoms with Crippen molar-refractivity contribution in [2.24, 2.45) is 0 Å². The molecule has 0 saturated carbocycles. The lowest BCUT2D eigenvalue weighted by molar-refractivity contribution is 0.401. The Kier molecular flexibility index (Phi) is 7.23. The van der Waals surface area contributed by atoms with Crippen LogP contribution in [0.2, 0.25) is 0 Å². The zero-order valence-electron chi connectivity index (χ0n) is 21.7. The van der Waals surface area contributed by atoms with Gasteiger partial charge in [-0.3, -0.25) is 0 Å². The summed E-state index contributed by atoms with van der Waals surface area (Å²) >= 11 is 0. The molecule has 2 aliphatic rings. The molecule has 1 heterocycles. The highest BCUT2D eigenvalue weighted by Gasteiger charge is 2.35. The van der Waals surface area contributed by atoms with E-state index in [4.69, 9.17) is 12.6 Å². The van der Waals surface area contributed by atoms with Crippen LogP contribution in [-0.4, -0.2) is 37.8 Å². The molecule has 0 unspecified atom stereocenters. The smallest absolute Gasteiger partial charge is 0.372 e. The second-order valence-electron chi connectivity index (χ2n) is 10.1. The fourth-order valence-electron chi connectivity index (χ4n) is 5.69. The van der Waals surface area contributed by atoms with Crippen LogP contribution in [0.1, 0.15) is 77.6 Å². The van der Waals surface area contributed by atoms with Crippen molar-refractivity contribution in [3.63, 3.8) is 0 Å². The van der Waals surface area contributed by atoms with Crippen molar-refractivity contribution in [2.45, 2.75) is 66.3 Å². The standard InChI is InChI=1S/C28H37N2.O3S/c1-9-29(10-2)22-13-12-20-14-21-15-23-19(4)18-27(5,6)30(11-3)26(23)17-25(21)28(7,8)24(20)16-22;1-4(2)3/h12-18H,9-11H2,1-8H3;/q+1;. The summed E-state index contributed by atoms with van der Waals surface area (Å²) in [5.74, 6) is 0. The molecule has 4 rings (SSSR count). The van der Waals surface area contributed by atoms with Crippen molar-refractivity contribution in [2.75, 3.05) is 24.5 Å². The molecule has 0 bridgehead atoms. The molecule has 0 N–H and O–H groups in total. The maximum Gasteiger partial charge on any atom is 0.425 e. The molecule has 1 aliphatic heterocycles. The van der Waals surface area contributed by atoms with Crippen molar-refractivity contribution in [1.82, 2.24) is 4.58 Å². The Morgan fingerprint density at radius 3 is 2.09 bits per heavy atom. The molecule has 0 amide bonds. The Hall–Kier alpha value is -2.73. The Labute approximate surface area is 205 Å². The number of fused-ring (bicyclic) bond motifs is 3. The van der Waals surface area contributed by atoms with Crippen LogP contribution >= 0.6 is 0 Å². The molecule has 0 spiro atoms. The fraction of sp³-hybridized carbons (Fsp3) is 0.464. The van der Waals surface area contributed by atoms with Gasteiger partial charge in [-0.2, -0.15) is 0 Å². The van der Waals surface area contributed by atoms with E-state index in [0.717, 1.165) is 19.6 Å². The quantitative estimate of drug-likeness (QED) is 0.625. The maximum atomic E-state index is 8.44. The predicted molar refractivity (Wildman–Crippen MR) is 141 cm³/mol. The van der Waals surface area contributed by atoms with E-state index in [9.17, 15) is 0 Å². The lowest BCUT2D eigenvalue weighted by Gasteiger charge is -2.34. The molecule has 2 aromatic carbocycles. The van der Waals surface area contributed by atoms with Crippen LogP contribution < -0.4 is 20.1 Å². The van der Waals surface area contributed by atoms with E-state index in [1.165, 1.54) is 44.1 Å². The van der Waals surface area contributed by atoms with Crippen LogP contribution in [0.4, 0.5) is 5.69 Å². The first-order chi connectivity index (χ1) is 15.9. The van der Waals surface area contributed by atoms with Gasteiger partial charge >= 0.3 is 10.6 Å². The highest BCUT2D eigenvalue weighted by Crippen LogP contribution is 2.37. The first-order valence-electron chi connectivity index (χ1n) is 12.0. The van der Waals surface area contributed by atoms with Gasteiger partial charge in [-0.05, 0) is 85.5 Å². The summed E-state index contributed by atoms with van der Waals surface area (Å²) in [6.45, 7) is 21.5. The van der Waals surface area contributed by atoms with E-state index in [1.807, 2.05) is 0 Å². The molecule has 0 aromatic heterocycles. The molecular formula is C28H37N2O3S+. The molecule has 0 radical (unpaired) electrons. The first kappa shape index (κ1) is 25.9. The number of benzene rings is 2. The summed E-state index contributed by atoms with van der Waals surface area (Å²) in [5.41, 5.74) is 8.33. The van der Waals surface area contributed by atoms with Crippen molar-refractivity contribution in [1.29, 1.82) is 0 Å². The third kappa shape index (κ3) is 4.61.